The summed E-state index contributed by atoms with van der Waals surface area (Å²) in [6, 6.07) is 21.3. The van der Waals surface area contributed by atoms with Crippen LogP contribution in [0.4, 0.5) is 11.5 Å². The smallest absolute Gasteiger partial charge is 0.229 e. The summed E-state index contributed by atoms with van der Waals surface area (Å²) in [5.41, 5.74) is 1.70. The maximum absolute atomic E-state index is 12.0. The van der Waals surface area contributed by atoms with Gasteiger partial charge in [-0.15, -0.1) is 0 Å². The summed E-state index contributed by atoms with van der Waals surface area (Å²) in [4.78, 5) is 18.2. The van der Waals surface area contributed by atoms with Crippen LogP contribution in [0.3, 0.4) is 0 Å². The Bertz CT molecular complexity index is 753. The van der Waals surface area contributed by atoms with Gasteiger partial charge in [0, 0.05) is 12.3 Å². The molecule has 0 aliphatic heterocycles. The van der Waals surface area contributed by atoms with Crippen LogP contribution in [0.15, 0.2) is 66.7 Å². The molecule has 0 aliphatic rings. The van der Waals surface area contributed by atoms with Gasteiger partial charge in [-0.2, -0.15) is 0 Å². The Morgan fingerprint density at radius 3 is 2.35 bits per heavy atom. The van der Waals surface area contributed by atoms with E-state index in [-0.39, 0.29) is 5.91 Å². The summed E-state index contributed by atoms with van der Waals surface area (Å²) in [6.07, 6.45) is 0. The van der Waals surface area contributed by atoms with Gasteiger partial charge < -0.3 is 0 Å². The Hall–Kier alpha value is -2.68. The molecule has 3 rings (SSSR count). The molecule has 3 nitrogen and oxygen atoms in total. The van der Waals surface area contributed by atoms with Gasteiger partial charge in [-0.3, -0.25) is 9.69 Å². The lowest BCUT2D eigenvalue weighted by Gasteiger charge is -2.20. The highest BCUT2D eigenvalue weighted by atomic mass is 16.2. The number of aromatic nitrogens is 1. The number of hydrogen-bond donors (Lipinski definition) is 0. The van der Waals surface area contributed by atoms with E-state index in [1.54, 1.807) is 11.8 Å². The minimum Gasteiger partial charge on any atom is -0.274 e. The molecule has 0 saturated carbocycles. The molecule has 0 radical (unpaired) electrons. The van der Waals surface area contributed by atoms with E-state index in [0.29, 0.717) is 5.82 Å². The fourth-order valence-corrected chi connectivity index (χ4v) is 2.23. The van der Waals surface area contributed by atoms with Gasteiger partial charge in [-0.05, 0) is 30.3 Å². The molecule has 1 heterocycles. The largest absolute Gasteiger partial charge is 0.274 e. The number of rotatable bonds is 2. The second kappa shape index (κ2) is 5.13. The summed E-state index contributed by atoms with van der Waals surface area (Å²) in [5, 5.41) is 1.06. The van der Waals surface area contributed by atoms with Gasteiger partial charge in [-0.25, -0.2) is 4.98 Å². The molecule has 0 unspecified atom stereocenters. The number of pyridine rings is 1. The number of para-hydroxylation sites is 2. The summed E-state index contributed by atoms with van der Waals surface area (Å²) in [7, 11) is 0. The first kappa shape index (κ1) is 12.4. The number of amides is 1. The molecule has 0 aliphatic carbocycles. The lowest BCUT2D eigenvalue weighted by Crippen LogP contribution is -2.23. The number of fused-ring (bicyclic) bond motifs is 1. The molecule has 3 aromatic rings. The van der Waals surface area contributed by atoms with Crippen molar-refractivity contribution >= 4 is 28.3 Å². The number of nitrogens with zero attached hydrogens (tertiary/aromatic N) is 2. The third-order valence-corrected chi connectivity index (χ3v) is 3.14. The van der Waals surface area contributed by atoms with Crippen LogP contribution in [0.1, 0.15) is 6.92 Å². The van der Waals surface area contributed by atoms with Crippen LogP contribution in [-0.2, 0) is 4.79 Å². The van der Waals surface area contributed by atoms with E-state index in [1.807, 2.05) is 66.7 Å². The van der Waals surface area contributed by atoms with Crippen LogP contribution >= 0.6 is 0 Å². The molecule has 1 amide bonds. The minimum absolute atomic E-state index is 0.0565. The van der Waals surface area contributed by atoms with Crippen LogP contribution in [0.25, 0.3) is 10.9 Å². The van der Waals surface area contributed by atoms with Crippen LogP contribution < -0.4 is 4.90 Å². The highest BCUT2D eigenvalue weighted by Gasteiger charge is 2.15. The van der Waals surface area contributed by atoms with E-state index in [9.17, 15) is 4.79 Å². The lowest BCUT2D eigenvalue weighted by atomic mass is 10.2. The van der Waals surface area contributed by atoms with Crippen molar-refractivity contribution in [3.63, 3.8) is 0 Å². The van der Waals surface area contributed by atoms with Crippen LogP contribution in [0, 0.1) is 0 Å². The molecular weight excluding hydrogens is 248 g/mol. The molecule has 0 atom stereocenters. The van der Waals surface area contributed by atoms with Crippen molar-refractivity contribution in [1.29, 1.82) is 0 Å². The number of carbonyl (C=O) groups excluding carboxylic acids is 1. The van der Waals surface area contributed by atoms with Gasteiger partial charge in [0.2, 0.25) is 5.91 Å². The zero-order valence-corrected chi connectivity index (χ0v) is 11.2. The number of carbonyl (C=O) groups is 1. The van der Waals surface area contributed by atoms with E-state index in [1.165, 1.54) is 0 Å². The zero-order chi connectivity index (χ0) is 13.9. The molecule has 0 saturated heterocycles. The van der Waals surface area contributed by atoms with E-state index in [0.717, 1.165) is 16.6 Å². The first-order valence-electron chi connectivity index (χ1n) is 6.47. The van der Waals surface area contributed by atoms with Crippen molar-refractivity contribution in [3.8, 4) is 0 Å². The van der Waals surface area contributed by atoms with Crippen LogP contribution in [0.2, 0.25) is 0 Å². The molecule has 0 fully saturated rings. The molecule has 0 spiro atoms. The normalized spacial score (nSPS) is 10.4. The van der Waals surface area contributed by atoms with Crippen LogP contribution in [-0.4, -0.2) is 10.9 Å². The van der Waals surface area contributed by atoms with E-state index < -0.39 is 0 Å². The molecular formula is C17H14N2O. The second-order valence-corrected chi connectivity index (χ2v) is 4.55. The molecule has 98 valence electrons. The molecule has 20 heavy (non-hydrogen) atoms. The highest BCUT2D eigenvalue weighted by Crippen LogP contribution is 2.25. The average molecular weight is 262 g/mol. The van der Waals surface area contributed by atoms with Gasteiger partial charge in [-0.1, -0.05) is 36.4 Å². The topological polar surface area (TPSA) is 33.2 Å². The molecule has 2 aromatic carbocycles. The minimum atomic E-state index is -0.0565. The van der Waals surface area contributed by atoms with Gasteiger partial charge in [0.25, 0.3) is 0 Å². The third kappa shape index (κ3) is 2.26. The first-order chi connectivity index (χ1) is 9.75. The maximum atomic E-state index is 12.0. The third-order valence-electron chi connectivity index (χ3n) is 3.14. The van der Waals surface area contributed by atoms with Crippen molar-refractivity contribution in [2.75, 3.05) is 4.90 Å². The van der Waals surface area contributed by atoms with Gasteiger partial charge >= 0.3 is 0 Å². The van der Waals surface area contributed by atoms with E-state index >= 15 is 0 Å². The Morgan fingerprint density at radius 1 is 0.900 bits per heavy atom. The number of hydrogen-bond acceptors (Lipinski definition) is 2. The van der Waals surface area contributed by atoms with Crippen molar-refractivity contribution in [2.45, 2.75) is 6.92 Å². The summed E-state index contributed by atoms with van der Waals surface area (Å²) in [5.74, 6) is 0.585. The molecule has 0 N–H and O–H groups in total. The SMILES string of the molecule is CC(=O)N(c1ccccc1)c1ccc2ccccc2n1. The Kier molecular flexibility index (Phi) is 3.17. The van der Waals surface area contributed by atoms with Crippen molar-refractivity contribution in [3.05, 3.63) is 66.7 Å². The second-order valence-electron chi connectivity index (χ2n) is 4.55. The number of benzene rings is 2. The highest BCUT2D eigenvalue weighted by molar-refractivity contribution is 5.99. The molecule has 0 bridgehead atoms. The lowest BCUT2D eigenvalue weighted by molar-refractivity contribution is -0.115. The quantitative estimate of drug-likeness (QED) is 0.701. The standard InChI is InChI=1S/C17H14N2O/c1-13(20)19(15-8-3-2-4-9-15)17-12-11-14-7-5-6-10-16(14)18-17/h2-12H,1H3. The average Bonchev–Trinajstić information content (AvgIpc) is 2.48. The summed E-state index contributed by atoms with van der Waals surface area (Å²) >= 11 is 0. The van der Waals surface area contributed by atoms with E-state index in [2.05, 4.69) is 4.98 Å². The fraction of sp³-hybridized carbons (Fsp3) is 0.0588. The van der Waals surface area contributed by atoms with Crippen molar-refractivity contribution in [1.82, 2.24) is 4.98 Å². The fourth-order valence-electron chi connectivity index (χ4n) is 2.23. The monoisotopic (exact) mass is 262 g/mol. The van der Waals surface area contributed by atoms with Gasteiger partial charge in [0.1, 0.15) is 5.82 Å². The predicted octanol–water partition coefficient (Wildman–Crippen LogP) is 3.92. The van der Waals surface area contributed by atoms with Gasteiger partial charge in [0.05, 0.1) is 11.2 Å². The zero-order valence-electron chi connectivity index (χ0n) is 11.2. The summed E-state index contributed by atoms with van der Waals surface area (Å²) < 4.78 is 0. The molecule has 3 heteroatoms. The van der Waals surface area contributed by atoms with Gasteiger partial charge in [0.15, 0.2) is 0 Å². The summed E-state index contributed by atoms with van der Waals surface area (Å²) in [6.45, 7) is 1.55. The number of anilines is 2. The predicted molar refractivity (Wildman–Crippen MR) is 81.0 cm³/mol. The van der Waals surface area contributed by atoms with Crippen molar-refractivity contribution in [2.24, 2.45) is 0 Å². The van der Waals surface area contributed by atoms with Crippen molar-refractivity contribution < 1.29 is 4.79 Å². The Labute approximate surface area is 117 Å². The van der Waals surface area contributed by atoms with E-state index in [4.69, 9.17) is 0 Å². The molecule has 1 aromatic heterocycles. The Balaban J connectivity index is 2.13. The Morgan fingerprint density at radius 2 is 1.60 bits per heavy atom. The first-order valence-corrected chi connectivity index (χ1v) is 6.47. The van der Waals surface area contributed by atoms with Crippen LogP contribution in [0.5, 0.6) is 0 Å². The maximum Gasteiger partial charge on any atom is 0.229 e.